The second-order valence-corrected chi connectivity index (χ2v) is 7.72. The van der Waals surface area contributed by atoms with Crippen molar-refractivity contribution in [1.82, 2.24) is 4.98 Å². The molecule has 0 saturated heterocycles. The first-order valence-electron chi connectivity index (χ1n) is 7.55. The Labute approximate surface area is 131 Å². The number of aromatic nitrogens is 1. The van der Waals surface area contributed by atoms with Crippen LogP contribution in [0.3, 0.4) is 0 Å². The summed E-state index contributed by atoms with van der Waals surface area (Å²) in [5.74, 6) is 1.83. The van der Waals surface area contributed by atoms with Crippen LogP contribution in [0.15, 0.2) is 0 Å². The molecule has 5 heteroatoms. The molecule has 21 heavy (non-hydrogen) atoms. The van der Waals surface area contributed by atoms with Crippen LogP contribution in [-0.4, -0.2) is 22.8 Å². The van der Waals surface area contributed by atoms with E-state index in [-0.39, 0.29) is 4.75 Å². The van der Waals surface area contributed by atoms with Crippen molar-refractivity contribution in [3.8, 4) is 6.07 Å². The second kappa shape index (κ2) is 6.67. The van der Waals surface area contributed by atoms with Crippen LogP contribution < -0.4 is 11.1 Å². The van der Waals surface area contributed by atoms with Gasteiger partial charge in [-0.15, -0.1) is 0 Å². The van der Waals surface area contributed by atoms with E-state index in [4.69, 9.17) is 10.7 Å². The highest BCUT2D eigenvalue weighted by Gasteiger charge is 2.31. The molecule has 0 bridgehead atoms. The van der Waals surface area contributed by atoms with Gasteiger partial charge in [0.1, 0.15) is 11.9 Å². The van der Waals surface area contributed by atoms with E-state index < -0.39 is 0 Å². The van der Waals surface area contributed by atoms with Gasteiger partial charge in [0, 0.05) is 29.2 Å². The van der Waals surface area contributed by atoms with Crippen molar-refractivity contribution in [3.05, 3.63) is 22.4 Å². The number of fused-ring (bicyclic) bond motifs is 1. The normalized spacial score (nSPS) is 16.1. The molecule has 0 radical (unpaired) electrons. The summed E-state index contributed by atoms with van der Waals surface area (Å²) in [5, 5.41) is 12.9. The van der Waals surface area contributed by atoms with Gasteiger partial charge in [0.25, 0.3) is 0 Å². The van der Waals surface area contributed by atoms with E-state index in [1.54, 1.807) is 0 Å². The van der Waals surface area contributed by atoms with Gasteiger partial charge in [0.15, 0.2) is 0 Å². The van der Waals surface area contributed by atoms with Crippen LogP contribution in [0.4, 0.5) is 5.82 Å². The van der Waals surface area contributed by atoms with Gasteiger partial charge in [-0.25, -0.2) is 4.98 Å². The molecule has 1 aliphatic heterocycles. The summed E-state index contributed by atoms with van der Waals surface area (Å²) in [5.41, 5.74) is 9.73. The number of nitriles is 1. The Bertz CT molecular complexity index is 560. The van der Waals surface area contributed by atoms with Crippen molar-refractivity contribution in [2.45, 2.75) is 50.5 Å². The maximum absolute atomic E-state index is 9.56. The average Bonchev–Trinajstić information content (AvgIpc) is 2.44. The summed E-state index contributed by atoms with van der Waals surface area (Å²) in [6.45, 7) is 7.91. The molecular formula is C16H24N4S. The highest BCUT2D eigenvalue weighted by atomic mass is 32.2. The van der Waals surface area contributed by atoms with Crippen LogP contribution in [0.5, 0.6) is 0 Å². The third-order valence-corrected chi connectivity index (χ3v) is 5.09. The molecule has 2 heterocycles. The number of nitrogens with two attached hydrogens (primary N) is 1. The number of rotatable bonds is 5. The van der Waals surface area contributed by atoms with Crippen molar-refractivity contribution in [2.75, 3.05) is 18.4 Å². The minimum atomic E-state index is 0.187. The molecule has 4 nitrogen and oxygen atoms in total. The Balaban J connectivity index is 2.54. The molecule has 2 rings (SSSR count). The summed E-state index contributed by atoms with van der Waals surface area (Å²) in [7, 11) is 0. The molecule has 0 aliphatic carbocycles. The average molecular weight is 304 g/mol. The molecule has 0 saturated carbocycles. The van der Waals surface area contributed by atoms with Crippen molar-refractivity contribution >= 4 is 17.6 Å². The fourth-order valence-electron chi connectivity index (χ4n) is 2.71. The molecule has 3 N–H and O–H groups in total. The Kier molecular flexibility index (Phi) is 5.13. The smallest absolute Gasteiger partial charge is 0.129 e. The Hall–Kier alpha value is -1.25. The van der Waals surface area contributed by atoms with Gasteiger partial charge < -0.3 is 11.1 Å². The monoisotopic (exact) mass is 304 g/mol. The number of pyridine rings is 1. The third kappa shape index (κ3) is 3.50. The lowest BCUT2D eigenvalue weighted by atomic mass is 9.93. The number of hydrogen-bond acceptors (Lipinski definition) is 5. The number of anilines is 1. The predicted octanol–water partition coefficient (Wildman–Crippen LogP) is 2.84. The summed E-state index contributed by atoms with van der Waals surface area (Å²) in [6, 6.07) is 2.39. The van der Waals surface area contributed by atoms with Gasteiger partial charge in [-0.05, 0) is 18.4 Å². The van der Waals surface area contributed by atoms with Crippen LogP contribution in [0, 0.1) is 11.3 Å². The van der Waals surface area contributed by atoms with E-state index in [0.717, 1.165) is 42.1 Å². The number of nitrogens with one attached hydrogen (secondary N) is 1. The first-order valence-corrected chi connectivity index (χ1v) is 8.53. The standard InChI is InChI=1S/C16H24N4S/c1-4-5-14-12(9-18)13-10-21-16(2,3)8-11(13)15(20-14)19-7-6-17/h4-8,10,17H2,1-3H3,(H,19,20). The van der Waals surface area contributed by atoms with Gasteiger partial charge in [0.05, 0.1) is 11.3 Å². The molecule has 1 aliphatic rings. The lowest BCUT2D eigenvalue weighted by molar-refractivity contribution is 0.688. The maximum atomic E-state index is 9.56. The Morgan fingerprint density at radius 3 is 2.81 bits per heavy atom. The van der Waals surface area contributed by atoms with E-state index in [0.29, 0.717) is 13.1 Å². The maximum Gasteiger partial charge on any atom is 0.129 e. The Morgan fingerprint density at radius 1 is 1.43 bits per heavy atom. The highest BCUT2D eigenvalue weighted by molar-refractivity contribution is 7.99. The molecule has 1 aromatic heterocycles. The van der Waals surface area contributed by atoms with E-state index in [1.165, 1.54) is 11.1 Å². The molecule has 0 spiro atoms. The van der Waals surface area contributed by atoms with Crippen LogP contribution >= 0.6 is 11.8 Å². The van der Waals surface area contributed by atoms with E-state index in [2.05, 4.69) is 32.2 Å². The fourth-order valence-corrected chi connectivity index (χ4v) is 3.81. The van der Waals surface area contributed by atoms with Crippen molar-refractivity contribution < 1.29 is 0 Å². The molecule has 114 valence electrons. The van der Waals surface area contributed by atoms with Gasteiger partial charge in [-0.3, -0.25) is 0 Å². The van der Waals surface area contributed by atoms with Gasteiger partial charge in [-0.1, -0.05) is 27.2 Å². The first-order chi connectivity index (χ1) is 10.0. The summed E-state index contributed by atoms with van der Waals surface area (Å²) >= 11 is 1.92. The minimum absolute atomic E-state index is 0.187. The number of thioether (sulfide) groups is 1. The van der Waals surface area contributed by atoms with Crippen LogP contribution in [0.1, 0.15) is 49.6 Å². The molecule has 0 atom stereocenters. The SMILES string of the molecule is CCCc1nc(NCCN)c2c(c1C#N)CSC(C)(C)C2. The number of nitrogens with zero attached hydrogens (tertiary/aromatic N) is 2. The molecular weight excluding hydrogens is 280 g/mol. The van der Waals surface area contributed by atoms with Crippen molar-refractivity contribution in [2.24, 2.45) is 5.73 Å². The van der Waals surface area contributed by atoms with Crippen molar-refractivity contribution in [1.29, 1.82) is 5.26 Å². The van der Waals surface area contributed by atoms with Gasteiger partial charge in [-0.2, -0.15) is 17.0 Å². The lowest BCUT2D eigenvalue weighted by Gasteiger charge is -2.33. The summed E-state index contributed by atoms with van der Waals surface area (Å²) < 4.78 is 0.187. The van der Waals surface area contributed by atoms with Crippen molar-refractivity contribution in [3.63, 3.8) is 0 Å². The predicted molar refractivity (Wildman–Crippen MR) is 89.6 cm³/mol. The topological polar surface area (TPSA) is 74.7 Å². The molecule has 1 aromatic rings. The molecule has 0 amide bonds. The molecule has 0 fully saturated rings. The zero-order chi connectivity index (χ0) is 15.5. The fraction of sp³-hybridized carbons (Fsp3) is 0.625. The third-order valence-electron chi connectivity index (χ3n) is 3.73. The number of aryl methyl sites for hydroxylation is 1. The van der Waals surface area contributed by atoms with Crippen LogP contribution in [0.25, 0.3) is 0 Å². The first kappa shape index (κ1) is 16.1. The zero-order valence-corrected chi connectivity index (χ0v) is 13.9. The highest BCUT2D eigenvalue weighted by Crippen LogP contribution is 2.42. The second-order valence-electron chi connectivity index (χ2n) is 6.04. The quantitative estimate of drug-likeness (QED) is 0.875. The minimum Gasteiger partial charge on any atom is -0.369 e. The van der Waals surface area contributed by atoms with Crippen LogP contribution in [0.2, 0.25) is 0 Å². The van der Waals surface area contributed by atoms with E-state index in [9.17, 15) is 5.26 Å². The largest absolute Gasteiger partial charge is 0.369 e. The van der Waals surface area contributed by atoms with Crippen LogP contribution in [-0.2, 0) is 18.6 Å². The van der Waals surface area contributed by atoms with Gasteiger partial charge in [0.2, 0.25) is 0 Å². The molecule has 0 unspecified atom stereocenters. The van der Waals surface area contributed by atoms with E-state index >= 15 is 0 Å². The zero-order valence-electron chi connectivity index (χ0n) is 13.1. The summed E-state index contributed by atoms with van der Waals surface area (Å²) in [6.07, 6.45) is 2.78. The summed E-state index contributed by atoms with van der Waals surface area (Å²) in [4.78, 5) is 4.75. The lowest BCUT2D eigenvalue weighted by Crippen LogP contribution is -2.27. The van der Waals surface area contributed by atoms with Gasteiger partial charge >= 0.3 is 0 Å². The molecule has 0 aromatic carbocycles. The van der Waals surface area contributed by atoms with E-state index in [1.807, 2.05) is 11.8 Å². The number of hydrogen-bond donors (Lipinski definition) is 2. The Morgan fingerprint density at radius 2 is 2.19 bits per heavy atom.